The Hall–Kier alpha value is -1.39. The first kappa shape index (κ1) is 16.7. The van der Waals surface area contributed by atoms with Crippen LogP contribution in [0.15, 0.2) is 24.3 Å². The third kappa shape index (κ3) is 4.32. The van der Waals surface area contributed by atoms with E-state index in [-0.39, 0.29) is 11.9 Å². The smallest absolute Gasteiger partial charge is 0.243 e. The summed E-state index contributed by atoms with van der Waals surface area (Å²) in [6.07, 6.45) is 0. The predicted octanol–water partition coefficient (Wildman–Crippen LogP) is 1.89. The number of amides is 1. The molecule has 0 bridgehead atoms. The quantitative estimate of drug-likeness (QED) is 0.826. The predicted molar refractivity (Wildman–Crippen MR) is 85.2 cm³/mol. The Labute approximate surface area is 122 Å². The van der Waals surface area contributed by atoms with Crippen molar-refractivity contribution in [3.8, 4) is 0 Å². The van der Waals surface area contributed by atoms with Gasteiger partial charge in [0.2, 0.25) is 5.91 Å². The summed E-state index contributed by atoms with van der Waals surface area (Å²) in [7, 11) is 3.77. The van der Waals surface area contributed by atoms with E-state index in [1.165, 1.54) is 5.56 Å². The van der Waals surface area contributed by atoms with Gasteiger partial charge in [-0.05, 0) is 39.6 Å². The molecule has 20 heavy (non-hydrogen) atoms. The monoisotopic (exact) mass is 277 g/mol. The zero-order chi connectivity index (χ0) is 15.1. The average Bonchev–Trinajstić information content (AvgIpc) is 2.47. The number of rotatable bonds is 7. The van der Waals surface area contributed by atoms with Crippen molar-refractivity contribution in [3.05, 3.63) is 29.8 Å². The summed E-state index contributed by atoms with van der Waals surface area (Å²) in [4.78, 5) is 16.5. The highest BCUT2D eigenvalue weighted by Gasteiger charge is 2.23. The van der Waals surface area contributed by atoms with E-state index in [9.17, 15) is 4.79 Å². The lowest BCUT2D eigenvalue weighted by atomic mass is 10.2. The Kier molecular flexibility index (Phi) is 6.68. The summed E-state index contributed by atoms with van der Waals surface area (Å²) < 4.78 is 0. The van der Waals surface area contributed by atoms with Crippen molar-refractivity contribution in [2.75, 3.05) is 38.6 Å². The van der Waals surface area contributed by atoms with Crippen LogP contribution in [0.5, 0.6) is 0 Å². The van der Waals surface area contributed by atoms with Crippen molar-refractivity contribution in [3.63, 3.8) is 0 Å². The van der Waals surface area contributed by atoms with Gasteiger partial charge in [-0.1, -0.05) is 24.6 Å². The molecule has 4 heteroatoms. The maximum Gasteiger partial charge on any atom is 0.243 e. The molecule has 0 heterocycles. The summed E-state index contributed by atoms with van der Waals surface area (Å²) >= 11 is 0. The summed E-state index contributed by atoms with van der Waals surface area (Å²) in [5.74, 6) is 0.131. The number of nitrogens with one attached hydrogen (secondary N) is 1. The normalized spacial score (nSPS) is 12.5. The highest BCUT2D eigenvalue weighted by atomic mass is 16.2. The van der Waals surface area contributed by atoms with Crippen LogP contribution >= 0.6 is 0 Å². The van der Waals surface area contributed by atoms with Crippen LogP contribution in [0, 0.1) is 6.92 Å². The second-order valence-electron chi connectivity index (χ2n) is 5.14. The van der Waals surface area contributed by atoms with Gasteiger partial charge in [0.25, 0.3) is 0 Å². The number of carbonyl (C=O) groups excluding carboxylic acids is 1. The molecule has 0 aliphatic carbocycles. The minimum absolute atomic E-state index is 0.111. The Morgan fingerprint density at radius 3 is 2.40 bits per heavy atom. The largest absolute Gasteiger partial charge is 0.318 e. The molecule has 1 rings (SSSR count). The van der Waals surface area contributed by atoms with E-state index >= 15 is 0 Å². The van der Waals surface area contributed by atoms with Crippen molar-refractivity contribution in [1.82, 2.24) is 10.2 Å². The molecule has 0 saturated carbocycles. The fourth-order valence-corrected chi connectivity index (χ4v) is 2.21. The molecular weight excluding hydrogens is 250 g/mol. The van der Waals surface area contributed by atoms with Crippen molar-refractivity contribution in [2.45, 2.75) is 26.8 Å². The second kappa shape index (κ2) is 8.02. The highest BCUT2D eigenvalue weighted by Crippen LogP contribution is 2.15. The minimum Gasteiger partial charge on any atom is -0.318 e. The molecule has 1 aromatic rings. The molecule has 0 aromatic heterocycles. The molecule has 0 aliphatic rings. The van der Waals surface area contributed by atoms with Gasteiger partial charge in [0, 0.05) is 25.8 Å². The zero-order valence-electron chi connectivity index (χ0n) is 13.3. The van der Waals surface area contributed by atoms with E-state index in [0.29, 0.717) is 0 Å². The van der Waals surface area contributed by atoms with E-state index in [1.807, 2.05) is 52.2 Å². The van der Waals surface area contributed by atoms with E-state index in [0.717, 1.165) is 25.3 Å². The van der Waals surface area contributed by atoms with Crippen LogP contribution < -0.4 is 10.2 Å². The standard InChI is InChI=1S/C16H27N3O/c1-6-19(12-11-17-4)14(3)16(20)18(5)15-9-7-13(2)8-10-15/h7-10,14,17H,6,11-12H2,1-5H3. The van der Waals surface area contributed by atoms with E-state index in [1.54, 1.807) is 4.90 Å². The van der Waals surface area contributed by atoms with Gasteiger partial charge in [0.05, 0.1) is 6.04 Å². The lowest BCUT2D eigenvalue weighted by Crippen LogP contribution is -2.47. The summed E-state index contributed by atoms with van der Waals surface area (Å²) in [6.45, 7) is 8.75. The van der Waals surface area contributed by atoms with Crippen LogP contribution in [-0.2, 0) is 4.79 Å². The number of benzene rings is 1. The molecule has 0 aliphatic heterocycles. The van der Waals surface area contributed by atoms with E-state index in [4.69, 9.17) is 0 Å². The molecule has 0 spiro atoms. The van der Waals surface area contributed by atoms with Crippen LogP contribution in [0.1, 0.15) is 19.4 Å². The third-order valence-electron chi connectivity index (χ3n) is 3.71. The minimum atomic E-state index is -0.111. The van der Waals surface area contributed by atoms with Gasteiger partial charge in [0.15, 0.2) is 0 Å². The molecule has 1 aromatic carbocycles. The van der Waals surface area contributed by atoms with Crippen molar-refractivity contribution in [1.29, 1.82) is 0 Å². The lowest BCUT2D eigenvalue weighted by molar-refractivity contribution is -0.122. The first-order valence-corrected chi connectivity index (χ1v) is 7.24. The molecule has 1 N–H and O–H groups in total. The molecule has 1 unspecified atom stereocenters. The van der Waals surface area contributed by atoms with Crippen LogP contribution in [0.25, 0.3) is 0 Å². The van der Waals surface area contributed by atoms with Gasteiger partial charge in [0.1, 0.15) is 0 Å². The summed E-state index contributed by atoms with van der Waals surface area (Å²) in [5, 5.41) is 3.13. The van der Waals surface area contributed by atoms with Crippen LogP contribution in [0.2, 0.25) is 0 Å². The average molecular weight is 277 g/mol. The van der Waals surface area contributed by atoms with Gasteiger partial charge in [-0.15, -0.1) is 0 Å². The van der Waals surface area contributed by atoms with Crippen molar-refractivity contribution < 1.29 is 4.79 Å². The molecule has 1 amide bonds. The number of aryl methyl sites for hydroxylation is 1. The third-order valence-corrected chi connectivity index (χ3v) is 3.71. The van der Waals surface area contributed by atoms with Gasteiger partial charge in [-0.2, -0.15) is 0 Å². The highest BCUT2D eigenvalue weighted by molar-refractivity contribution is 5.96. The maximum absolute atomic E-state index is 12.6. The number of hydrogen-bond donors (Lipinski definition) is 1. The Morgan fingerprint density at radius 1 is 1.30 bits per heavy atom. The number of likely N-dealkylation sites (N-methyl/N-ethyl adjacent to an activating group) is 3. The molecule has 0 fully saturated rings. The Bertz CT molecular complexity index is 416. The molecule has 112 valence electrons. The van der Waals surface area contributed by atoms with Gasteiger partial charge in [-0.3, -0.25) is 9.69 Å². The molecule has 0 radical (unpaired) electrons. The summed E-state index contributed by atoms with van der Waals surface area (Å²) in [6, 6.07) is 7.93. The fraction of sp³-hybridized carbons (Fsp3) is 0.562. The molecule has 0 saturated heterocycles. The SMILES string of the molecule is CCN(CCNC)C(C)C(=O)N(C)c1ccc(C)cc1. The van der Waals surface area contributed by atoms with Crippen LogP contribution in [-0.4, -0.2) is 50.6 Å². The number of nitrogens with zero attached hydrogens (tertiary/aromatic N) is 2. The Morgan fingerprint density at radius 2 is 1.90 bits per heavy atom. The zero-order valence-corrected chi connectivity index (χ0v) is 13.3. The first-order valence-electron chi connectivity index (χ1n) is 7.24. The number of carbonyl (C=O) groups is 1. The maximum atomic E-state index is 12.6. The van der Waals surface area contributed by atoms with Crippen molar-refractivity contribution >= 4 is 11.6 Å². The van der Waals surface area contributed by atoms with Crippen molar-refractivity contribution in [2.24, 2.45) is 0 Å². The lowest BCUT2D eigenvalue weighted by Gasteiger charge is -2.30. The number of hydrogen-bond acceptors (Lipinski definition) is 3. The second-order valence-corrected chi connectivity index (χ2v) is 5.14. The molecule has 4 nitrogen and oxygen atoms in total. The molecule has 1 atom stereocenters. The van der Waals surface area contributed by atoms with Crippen LogP contribution in [0.4, 0.5) is 5.69 Å². The number of anilines is 1. The van der Waals surface area contributed by atoms with Gasteiger partial charge >= 0.3 is 0 Å². The molecular formula is C16H27N3O. The first-order chi connectivity index (χ1) is 9.51. The summed E-state index contributed by atoms with van der Waals surface area (Å²) in [5.41, 5.74) is 2.14. The topological polar surface area (TPSA) is 35.6 Å². The van der Waals surface area contributed by atoms with E-state index < -0.39 is 0 Å². The van der Waals surface area contributed by atoms with E-state index in [2.05, 4.69) is 17.1 Å². The van der Waals surface area contributed by atoms with Crippen LogP contribution in [0.3, 0.4) is 0 Å². The Balaban J connectivity index is 2.73. The van der Waals surface area contributed by atoms with Gasteiger partial charge in [-0.25, -0.2) is 0 Å². The van der Waals surface area contributed by atoms with Gasteiger partial charge < -0.3 is 10.2 Å². The fourth-order valence-electron chi connectivity index (χ4n) is 2.21.